The van der Waals surface area contributed by atoms with Crippen LogP contribution in [0.1, 0.15) is 24.0 Å². The second kappa shape index (κ2) is 10.7. The number of carbonyl (C=O) groups is 2. The normalized spacial score (nSPS) is 22.6. The van der Waals surface area contributed by atoms with Crippen molar-refractivity contribution in [3.63, 3.8) is 0 Å². The summed E-state index contributed by atoms with van der Waals surface area (Å²) in [5.41, 5.74) is 0.851. The maximum atomic E-state index is 12.2. The Bertz CT molecular complexity index is 1110. The van der Waals surface area contributed by atoms with Crippen LogP contribution in [0.5, 0.6) is 23.0 Å². The number of ether oxygens (including phenoxy) is 2. The van der Waals surface area contributed by atoms with Gasteiger partial charge in [0, 0.05) is 25.0 Å². The van der Waals surface area contributed by atoms with Crippen LogP contribution < -0.4 is 0 Å². The topological polar surface area (TPSA) is 174 Å². The Morgan fingerprint density at radius 1 is 0.735 bits per heavy atom. The zero-order chi connectivity index (χ0) is 24.8. The van der Waals surface area contributed by atoms with Gasteiger partial charge in [-0.1, -0.05) is 12.1 Å². The van der Waals surface area contributed by atoms with E-state index in [2.05, 4.69) is 0 Å². The number of aliphatic hydroxyl groups excluding tert-OH is 2. The third kappa shape index (κ3) is 6.50. The van der Waals surface area contributed by atoms with Crippen LogP contribution in [0.2, 0.25) is 0 Å². The van der Waals surface area contributed by atoms with Crippen molar-refractivity contribution in [2.45, 2.75) is 37.3 Å². The van der Waals surface area contributed by atoms with Crippen LogP contribution in [-0.4, -0.2) is 67.0 Å². The lowest BCUT2D eigenvalue weighted by Crippen LogP contribution is -2.49. The van der Waals surface area contributed by atoms with E-state index >= 15 is 0 Å². The predicted molar refractivity (Wildman–Crippen MR) is 119 cm³/mol. The molecule has 0 heterocycles. The molecule has 4 atom stereocenters. The van der Waals surface area contributed by atoms with E-state index in [0.717, 1.165) is 12.2 Å². The molecule has 0 spiro atoms. The fourth-order valence-corrected chi connectivity index (χ4v) is 3.37. The van der Waals surface area contributed by atoms with Gasteiger partial charge in [-0.15, -0.1) is 0 Å². The number of benzene rings is 2. The Hall–Kier alpha value is -4.02. The van der Waals surface area contributed by atoms with Crippen molar-refractivity contribution in [1.29, 1.82) is 0 Å². The molecule has 0 aromatic heterocycles. The molecule has 1 saturated carbocycles. The fraction of sp³-hybridized carbons (Fsp3) is 0.250. The van der Waals surface area contributed by atoms with Crippen LogP contribution in [0.3, 0.4) is 0 Å². The molecular formula is C24H24O10. The van der Waals surface area contributed by atoms with Crippen molar-refractivity contribution >= 4 is 24.1 Å². The second-order valence-corrected chi connectivity index (χ2v) is 7.73. The summed E-state index contributed by atoms with van der Waals surface area (Å²) in [6.07, 6.45) is 0.103. The molecule has 180 valence electrons. The zero-order valence-corrected chi connectivity index (χ0v) is 17.8. The molecule has 2 aromatic carbocycles. The highest BCUT2D eigenvalue weighted by Gasteiger charge is 2.39. The van der Waals surface area contributed by atoms with Crippen molar-refractivity contribution in [1.82, 2.24) is 0 Å². The van der Waals surface area contributed by atoms with Gasteiger partial charge in [0.15, 0.2) is 23.0 Å². The van der Waals surface area contributed by atoms with E-state index in [4.69, 9.17) is 9.47 Å². The van der Waals surface area contributed by atoms with Crippen molar-refractivity contribution in [3.05, 3.63) is 59.7 Å². The standard InChI is InChI=1S/C24H24O10/c25-16-5-1-13(9-18(16)27)3-7-22(30)33-15-11-20(29)24(32)21(12-15)34-23(31)8-4-14-2-6-17(26)19(28)10-14/h1-10,15,20-21,24-29,32H,11-12H2/t15-,20-,21-,24+/m1/s1. The van der Waals surface area contributed by atoms with Crippen molar-refractivity contribution in [2.75, 3.05) is 0 Å². The second-order valence-electron chi connectivity index (χ2n) is 7.73. The van der Waals surface area contributed by atoms with E-state index in [9.17, 15) is 40.2 Å². The van der Waals surface area contributed by atoms with Gasteiger partial charge in [-0.05, 0) is 47.5 Å². The van der Waals surface area contributed by atoms with Crippen molar-refractivity contribution in [2.24, 2.45) is 0 Å². The molecule has 10 heteroatoms. The first-order chi connectivity index (χ1) is 16.1. The first-order valence-corrected chi connectivity index (χ1v) is 10.3. The Morgan fingerprint density at radius 2 is 1.24 bits per heavy atom. The van der Waals surface area contributed by atoms with E-state index in [1.165, 1.54) is 48.6 Å². The van der Waals surface area contributed by atoms with Crippen LogP contribution in [0, 0.1) is 0 Å². The van der Waals surface area contributed by atoms with Gasteiger partial charge >= 0.3 is 11.9 Å². The van der Waals surface area contributed by atoms with Gasteiger partial charge in [-0.2, -0.15) is 0 Å². The number of phenolic OH excluding ortho intramolecular Hbond substituents is 4. The van der Waals surface area contributed by atoms with Gasteiger partial charge in [0.1, 0.15) is 18.3 Å². The van der Waals surface area contributed by atoms with Crippen LogP contribution in [0.4, 0.5) is 0 Å². The summed E-state index contributed by atoms with van der Waals surface area (Å²) in [7, 11) is 0. The molecule has 0 amide bonds. The molecule has 6 N–H and O–H groups in total. The quantitative estimate of drug-likeness (QED) is 0.206. The third-order valence-corrected chi connectivity index (χ3v) is 5.15. The lowest BCUT2D eigenvalue weighted by atomic mass is 9.89. The number of hydrogen-bond donors (Lipinski definition) is 6. The summed E-state index contributed by atoms with van der Waals surface area (Å²) in [6.45, 7) is 0. The fourth-order valence-electron chi connectivity index (χ4n) is 3.37. The minimum absolute atomic E-state index is 0.0443. The molecule has 0 radical (unpaired) electrons. The van der Waals surface area contributed by atoms with Gasteiger partial charge in [-0.3, -0.25) is 0 Å². The largest absolute Gasteiger partial charge is 0.504 e. The summed E-state index contributed by atoms with van der Waals surface area (Å²) < 4.78 is 10.5. The van der Waals surface area contributed by atoms with E-state index in [-0.39, 0.29) is 35.8 Å². The highest BCUT2D eigenvalue weighted by molar-refractivity contribution is 5.88. The molecule has 1 aliphatic carbocycles. The van der Waals surface area contributed by atoms with Gasteiger partial charge < -0.3 is 40.1 Å². The highest BCUT2D eigenvalue weighted by Crippen LogP contribution is 2.28. The maximum Gasteiger partial charge on any atom is 0.331 e. The first kappa shape index (κ1) is 24.6. The Kier molecular flexibility index (Phi) is 7.77. The van der Waals surface area contributed by atoms with Crippen LogP contribution in [0.25, 0.3) is 12.2 Å². The van der Waals surface area contributed by atoms with E-state index in [0.29, 0.717) is 11.1 Å². The minimum atomic E-state index is -1.37. The summed E-state index contributed by atoms with van der Waals surface area (Å²) in [4.78, 5) is 24.3. The number of carbonyl (C=O) groups excluding carboxylic acids is 2. The lowest BCUT2D eigenvalue weighted by Gasteiger charge is -2.35. The predicted octanol–water partition coefficient (Wildman–Crippen LogP) is 1.57. The van der Waals surface area contributed by atoms with Gasteiger partial charge in [-0.25, -0.2) is 9.59 Å². The number of rotatable bonds is 6. The molecule has 1 aliphatic rings. The highest BCUT2D eigenvalue weighted by atomic mass is 16.6. The molecule has 0 bridgehead atoms. The number of aliphatic hydroxyl groups is 2. The average Bonchev–Trinajstić information content (AvgIpc) is 2.78. The van der Waals surface area contributed by atoms with E-state index in [1.807, 2.05) is 0 Å². The number of esters is 2. The van der Waals surface area contributed by atoms with Crippen molar-refractivity contribution in [3.8, 4) is 23.0 Å². The Morgan fingerprint density at radius 3 is 1.74 bits per heavy atom. The van der Waals surface area contributed by atoms with Crippen molar-refractivity contribution < 1.29 is 49.7 Å². The summed E-state index contributed by atoms with van der Waals surface area (Å²) >= 11 is 0. The zero-order valence-electron chi connectivity index (χ0n) is 17.8. The summed E-state index contributed by atoms with van der Waals surface area (Å²) in [5, 5.41) is 57.9. The SMILES string of the molecule is O=C(C=Cc1ccc(O)c(O)c1)O[C@@H]1C[C@@H](O)[C@H](O)[C@H](OC(=O)C=Cc2ccc(O)c(O)c2)C1. The van der Waals surface area contributed by atoms with Gasteiger partial charge in [0.25, 0.3) is 0 Å². The molecule has 2 aromatic rings. The molecule has 0 aliphatic heterocycles. The molecule has 34 heavy (non-hydrogen) atoms. The van der Waals surface area contributed by atoms with Gasteiger partial charge in [0.05, 0.1) is 6.10 Å². The maximum absolute atomic E-state index is 12.2. The number of phenols is 4. The molecule has 3 rings (SSSR count). The lowest BCUT2D eigenvalue weighted by molar-refractivity contribution is -0.174. The third-order valence-electron chi connectivity index (χ3n) is 5.15. The molecule has 1 fully saturated rings. The Labute approximate surface area is 194 Å². The minimum Gasteiger partial charge on any atom is -0.504 e. The van der Waals surface area contributed by atoms with Gasteiger partial charge in [0.2, 0.25) is 0 Å². The van der Waals surface area contributed by atoms with Crippen LogP contribution in [0.15, 0.2) is 48.6 Å². The summed E-state index contributed by atoms with van der Waals surface area (Å²) in [6, 6.07) is 7.93. The van der Waals surface area contributed by atoms with Crippen LogP contribution >= 0.6 is 0 Å². The van der Waals surface area contributed by atoms with Crippen LogP contribution in [-0.2, 0) is 19.1 Å². The molecular weight excluding hydrogens is 448 g/mol. The number of aromatic hydroxyl groups is 4. The smallest absolute Gasteiger partial charge is 0.331 e. The molecule has 0 unspecified atom stereocenters. The monoisotopic (exact) mass is 472 g/mol. The molecule has 10 nitrogen and oxygen atoms in total. The average molecular weight is 472 g/mol. The number of hydrogen-bond acceptors (Lipinski definition) is 10. The molecule has 0 saturated heterocycles. The first-order valence-electron chi connectivity index (χ1n) is 10.3. The van der Waals surface area contributed by atoms with E-state index < -0.39 is 36.4 Å². The Balaban J connectivity index is 1.57. The van der Waals surface area contributed by atoms with E-state index in [1.54, 1.807) is 0 Å². The summed E-state index contributed by atoms with van der Waals surface area (Å²) in [5.74, 6) is -2.90.